The van der Waals surface area contributed by atoms with Gasteiger partial charge in [0, 0.05) is 17.7 Å². The van der Waals surface area contributed by atoms with Crippen LogP contribution in [0.4, 0.5) is 10.3 Å². The lowest BCUT2D eigenvalue weighted by molar-refractivity contribution is -0.114. The molecule has 0 aliphatic carbocycles. The summed E-state index contributed by atoms with van der Waals surface area (Å²) in [5.74, 6) is -0.586. The van der Waals surface area contributed by atoms with E-state index in [4.69, 9.17) is 0 Å². The van der Waals surface area contributed by atoms with Crippen molar-refractivity contribution in [3.05, 3.63) is 27.2 Å². The highest BCUT2D eigenvalue weighted by Gasteiger charge is 2.15. The molecule has 0 radical (unpaired) electrons. The Morgan fingerprint density at radius 2 is 1.71 bits per heavy atom. The average molecular weight is 379 g/mol. The van der Waals surface area contributed by atoms with Crippen molar-refractivity contribution in [2.45, 2.75) is 20.8 Å². The highest BCUT2D eigenvalue weighted by molar-refractivity contribution is 7.17. The minimum absolute atomic E-state index is 0.226. The van der Waals surface area contributed by atoms with Crippen LogP contribution in [0.3, 0.4) is 0 Å². The van der Waals surface area contributed by atoms with E-state index < -0.39 is 0 Å². The summed E-state index contributed by atoms with van der Waals surface area (Å²) in [7, 11) is 0. The van der Waals surface area contributed by atoms with E-state index in [1.807, 2.05) is 19.2 Å². The number of aryl methyl sites for hydroxylation is 2. The third-order valence-corrected chi connectivity index (χ3v) is 5.49. The van der Waals surface area contributed by atoms with Gasteiger partial charge >= 0.3 is 0 Å². The number of carbonyl (C=O) groups excluding carboxylic acids is 2. The molecule has 0 unspecified atom stereocenters. The van der Waals surface area contributed by atoms with Crippen LogP contribution in [0, 0.1) is 13.8 Å². The van der Waals surface area contributed by atoms with E-state index >= 15 is 0 Å². The van der Waals surface area contributed by atoms with Crippen molar-refractivity contribution in [3.63, 3.8) is 0 Å². The predicted octanol–water partition coefficient (Wildman–Crippen LogP) is 3.55. The number of hydrogen-bond donors (Lipinski definition) is 2. The second-order valence-electron chi connectivity index (χ2n) is 4.86. The summed E-state index contributed by atoms with van der Waals surface area (Å²) < 4.78 is 0. The van der Waals surface area contributed by atoms with Gasteiger partial charge in [-0.1, -0.05) is 0 Å². The third kappa shape index (κ3) is 3.66. The van der Waals surface area contributed by atoms with E-state index in [0.29, 0.717) is 10.3 Å². The smallest absolute Gasteiger partial charge is 0.276 e. The maximum Gasteiger partial charge on any atom is 0.276 e. The fourth-order valence-electron chi connectivity index (χ4n) is 1.95. The Morgan fingerprint density at radius 1 is 1.00 bits per heavy atom. The first-order valence-corrected chi connectivity index (χ1v) is 9.44. The van der Waals surface area contributed by atoms with Gasteiger partial charge in [-0.05, 0) is 13.8 Å². The first-order chi connectivity index (χ1) is 11.4. The monoisotopic (exact) mass is 379 g/mol. The van der Waals surface area contributed by atoms with Gasteiger partial charge in [-0.2, -0.15) is 0 Å². The average Bonchev–Trinajstić information content (AvgIpc) is 3.19. The molecule has 3 heterocycles. The van der Waals surface area contributed by atoms with Gasteiger partial charge in [-0.15, -0.1) is 34.0 Å². The van der Waals surface area contributed by atoms with Crippen LogP contribution >= 0.6 is 34.0 Å². The molecule has 10 heteroatoms. The molecule has 0 aliphatic heterocycles. The summed E-state index contributed by atoms with van der Waals surface area (Å²) in [4.78, 5) is 37.1. The number of thiazole rings is 3. The van der Waals surface area contributed by atoms with E-state index in [9.17, 15) is 9.59 Å². The van der Waals surface area contributed by atoms with E-state index in [2.05, 4.69) is 25.6 Å². The SMILES string of the molecule is CC(=O)Nc1nc(C(=O)Nc2nc(-c3sc(C)nc3C)cs2)cs1. The molecule has 0 aromatic carbocycles. The van der Waals surface area contributed by atoms with E-state index in [-0.39, 0.29) is 17.5 Å². The minimum Gasteiger partial charge on any atom is -0.302 e. The van der Waals surface area contributed by atoms with Gasteiger partial charge in [0.25, 0.3) is 5.91 Å². The summed E-state index contributed by atoms with van der Waals surface area (Å²) in [5, 5.41) is 10.6. The molecule has 2 N–H and O–H groups in total. The van der Waals surface area contributed by atoms with E-state index in [1.54, 1.807) is 16.7 Å². The number of nitrogens with zero attached hydrogens (tertiary/aromatic N) is 3. The molecule has 0 atom stereocenters. The highest BCUT2D eigenvalue weighted by Crippen LogP contribution is 2.32. The number of carbonyl (C=O) groups is 2. The summed E-state index contributed by atoms with van der Waals surface area (Å²) in [5.41, 5.74) is 1.97. The van der Waals surface area contributed by atoms with Crippen LogP contribution in [0.15, 0.2) is 10.8 Å². The van der Waals surface area contributed by atoms with E-state index in [0.717, 1.165) is 21.3 Å². The summed E-state index contributed by atoms with van der Waals surface area (Å²) >= 11 is 4.12. The van der Waals surface area contributed by atoms with Crippen molar-refractivity contribution in [3.8, 4) is 10.6 Å². The van der Waals surface area contributed by atoms with Gasteiger partial charge in [0.15, 0.2) is 10.3 Å². The largest absolute Gasteiger partial charge is 0.302 e. The summed E-state index contributed by atoms with van der Waals surface area (Å²) in [6, 6.07) is 0. The molecule has 0 fully saturated rings. The first-order valence-electron chi connectivity index (χ1n) is 6.87. The lowest BCUT2D eigenvalue weighted by Crippen LogP contribution is -2.12. The maximum atomic E-state index is 12.2. The van der Waals surface area contributed by atoms with Gasteiger partial charge in [-0.3, -0.25) is 14.9 Å². The third-order valence-electron chi connectivity index (χ3n) is 2.88. The number of amides is 2. The Kier molecular flexibility index (Phi) is 4.69. The van der Waals surface area contributed by atoms with Crippen molar-refractivity contribution in [2.24, 2.45) is 0 Å². The molecule has 0 bridgehead atoms. The zero-order valence-electron chi connectivity index (χ0n) is 13.0. The molecular weight excluding hydrogens is 366 g/mol. The molecule has 0 spiro atoms. The number of hydrogen-bond acceptors (Lipinski definition) is 8. The van der Waals surface area contributed by atoms with Crippen LogP contribution in [-0.2, 0) is 4.79 Å². The summed E-state index contributed by atoms with van der Waals surface area (Å²) in [6.45, 7) is 5.28. The van der Waals surface area contributed by atoms with Crippen LogP contribution in [-0.4, -0.2) is 26.8 Å². The van der Waals surface area contributed by atoms with Crippen molar-refractivity contribution in [1.82, 2.24) is 15.0 Å². The zero-order chi connectivity index (χ0) is 17.3. The number of aromatic nitrogens is 3. The molecule has 3 aromatic rings. The first kappa shape index (κ1) is 16.7. The van der Waals surface area contributed by atoms with Crippen molar-refractivity contribution in [1.29, 1.82) is 0 Å². The Hall–Kier alpha value is -2.17. The van der Waals surface area contributed by atoms with Gasteiger partial charge in [0.1, 0.15) is 5.69 Å². The van der Waals surface area contributed by atoms with Crippen LogP contribution < -0.4 is 10.6 Å². The van der Waals surface area contributed by atoms with Gasteiger partial charge in [0.05, 0.1) is 21.3 Å². The van der Waals surface area contributed by atoms with Crippen molar-refractivity contribution >= 4 is 56.1 Å². The lowest BCUT2D eigenvalue weighted by Gasteiger charge is -1.98. The number of anilines is 2. The van der Waals surface area contributed by atoms with Crippen molar-refractivity contribution in [2.75, 3.05) is 10.6 Å². The van der Waals surface area contributed by atoms with Crippen LogP contribution in [0.5, 0.6) is 0 Å². The molecule has 2 amide bonds. The van der Waals surface area contributed by atoms with Gasteiger partial charge < -0.3 is 5.32 Å². The molecular formula is C14H13N5O2S3. The molecule has 0 saturated heterocycles. The highest BCUT2D eigenvalue weighted by atomic mass is 32.1. The molecule has 24 heavy (non-hydrogen) atoms. The van der Waals surface area contributed by atoms with Gasteiger partial charge in [-0.25, -0.2) is 15.0 Å². The molecule has 7 nitrogen and oxygen atoms in total. The molecule has 124 valence electrons. The normalized spacial score (nSPS) is 10.6. The lowest BCUT2D eigenvalue weighted by atomic mass is 10.3. The Balaban J connectivity index is 1.72. The maximum absolute atomic E-state index is 12.2. The molecule has 3 aromatic heterocycles. The quantitative estimate of drug-likeness (QED) is 0.722. The zero-order valence-corrected chi connectivity index (χ0v) is 15.5. The van der Waals surface area contributed by atoms with Crippen molar-refractivity contribution < 1.29 is 9.59 Å². The summed E-state index contributed by atoms with van der Waals surface area (Å²) in [6.07, 6.45) is 0. The number of rotatable bonds is 4. The minimum atomic E-state index is -0.360. The van der Waals surface area contributed by atoms with Crippen LogP contribution in [0.2, 0.25) is 0 Å². The van der Waals surface area contributed by atoms with E-state index in [1.165, 1.54) is 29.6 Å². The Labute approximate surface area is 149 Å². The Bertz CT molecular complexity index is 911. The fraction of sp³-hybridized carbons (Fsp3) is 0.214. The second-order valence-corrected chi connectivity index (χ2v) is 7.78. The fourth-order valence-corrected chi connectivity index (χ4v) is 4.34. The predicted molar refractivity (Wildman–Crippen MR) is 97.1 cm³/mol. The second kappa shape index (κ2) is 6.75. The van der Waals surface area contributed by atoms with Gasteiger partial charge in [0.2, 0.25) is 5.91 Å². The molecule has 0 saturated carbocycles. The number of nitrogens with one attached hydrogen (secondary N) is 2. The standard InChI is InChI=1S/C14H13N5O2S3/c1-6-11(24-8(3)15-6)9-4-22-14(17-9)19-12(21)10-5-23-13(18-10)16-7(2)20/h4-5H,1-3H3,(H,16,18,20)(H,17,19,21). The van der Waals surface area contributed by atoms with Crippen LogP contribution in [0.25, 0.3) is 10.6 Å². The topological polar surface area (TPSA) is 96.9 Å². The Morgan fingerprint density at radius 3 is 2.38 bits per heavy atom. The molecule has 3 rings (SSSR count). The molecule has 0 aliphatic rings. The van der Waals surface area contributed by atoms with Crippen LogP contribution in [0.1, 0.15) is 28.1 Å².